The maximum atomic E-state index is 6.20. The van der Waals surface area contributed by atoms with E-state index in [1.807, 2.05) is 16.8 Å². The Morgan fingerprint density at radius 2 is 2.16 bits per heavy atom. The van der Waals surface area contributed by atoms with Crippen LogP contribution in [0.2, 0.25) is 5.02 Å². The monoisotopic (exact) mass is 278 g/mol. The molecule has 0 bridgehead atoms. The van der Waals surface area contributed by atoms with Crippen LogP contribution in [-0.4, -0.2) is 14.8 Å². The Bertz CT molecular complexity index is 533. The van der Waals surface area contributed by atoms with Crippen LogP contribution in [0.25, 0.3) is 0 Å². The summed E-state index contributed by atoms with van der Waals surface area (Å²) in [4.78, 5) is 4.27. The summed E-state index contributed by atoms with van der Waals surface area (Å²) in [6.45, 7) is 5.05. The van der Waals surface area contributed by atoms with E-state index in [2.05, 4.69) is 30.0 Å². The summed E-state index contributed by atoms with van der Waals surface area (Å²) in [5.41, 5.74) is 9.32. The lowest BCUT2D eigenvalue weighted by atomic mass is 10.1. The number of rotatable bonds is 5. The van der Waals surface area contributed by atoms with Crippen LogP contribution in [0.15, 0.2) is 24.4 Å². The molecule has 0 saturated heterocycles. The van der Waals surface area contributed by atoms with E-state index in [1.54, 1.807) is 6.20 Å². The van der Waals surface area contributed by atoms with E-state index in [1.165, 1.54) is 0 Å². The predicted molar refractivity (Wildman–Crippen MR) is 77.2 cm³/mol. The van der Waals surface area contributed by atoms with E-state index < -0.39 is 0 Å². The van der Waals surface area contributed by atoms with Crippen LogP contribution in [0, 0.1) is 0 Å². The van der Waals surface area contributed by atoms with Crippen molar-refractivity contribution in [2.75, 3.05) is 0 Å². The number of aromatic nitrogens is 3. The number of nitrogens with two attached hydrogens (primary N) is 1. The molecule has 0 aliphatic carbocycles. The SMILES string of the molecule is CCc1cc(CC(N)c2ccc(Cl)cn2)n(CC)n1. The molecule has 0 spiro atoms. The summed E-state index contributed by atoms with van der Waals surface area (Å²) in [6, 6.07) is 5.68. The molecule has 5 heteroatoms. The van der Waals surface area contributed by atoms with Crippen molar-refractivity contribution in [3.05, 3.63) is 46.5 Å². The van der Waals surface area contributed by atoms with Gasteiger partial charge in [-0.1, -0.05) is 18.5 Å². The maximum Gasteiger partial charge on any atom is 0.0624 e. The highest BCUT2D eigenvalue weighted by atomic mass is 35.5. The second-order valence-electron chi connectivity index (χ2n) is 4.51. The van der Waals surface area contributed by atoms with Gasteiger partial charge in [0.1, 0.15) is 0 Å². The van der Waals surface area contributed by atoms with E-state index >= 15 is 0 Å². The summed E-state index contributed by atoms with van der Waals surface area (Å²) in [5.74, 6) is 0. The van der Waals surface area contributed by atoms with Crippen molar-refractivity contribution in [3.8, 4) is 0 Å². The van der Waals surface area contributed by atoms with Crippen molar-refractivity contribution in [2.24, 2.45) is 5.73 Å². The fourth-order valence-corrected chi connectivity index (χ4v) is 2.17. The van der Waals surface area contributed by atoms with Crippen molar-refractivity contribution in [2.45, 2.75) is 39.3 Å². The van der Waals surface area contributed by atoms with Gasteiger partial charge in [0.25, 0.3) is 0 Å². The molecule has 2 aromatic rings. The van der Waals surface area contributed by atoms with Crippen LogP contribution < -0.4 is 5.73 Å². The highest BCUT2D eigenvalue weighted by molar-refractivity contribution is 6.30. The second kappa shape index (κ2) is 6.17. The zero-order chi connectivity index (χ0) is 13.8. The lowest BCUT2D eigenvalue weighted by molar-refractivity contribution is 0.580. The first kappa shape index (κ1) is 14.0. The molecule has 19 heavy (non-hydrogen) atoms. The van der Waals surface area contributed by atoms with Gasteiger partial charge >= 0.3 is 0 Å². The van der Waals surface area contributed by atoms with E-state index in [4.69, 9.17) is 17.3 Å². The van der Waals surface area contributed by atoms with Crippen molar-refractivity contribution in [1.29, 1.82) is 0 Å². The van der Waals surface area contributed by atoms with Crippen molar-refractivity contribution in [3.63, 3.8) is 0 Å². The molecule has 0 fully saturated rings. The molecule has 1 atom stereocenters. The number of aryl methyl sites for hydroxylation is 2. The van der Waals surface area contributed by atoms with E-state index in [9.17, 15) is 0 Å². The first-order valence-corrected chi connectivity index (χ1v) is 6.94. The Labute approximate surface area is 118 Å². The average Bonchev–Trinajstić information content (AvgIpc) is 2.81. The number of halogens is 1. The lowest BCUT2D eigenvalue weighted by Crippen LogP contribution is -2.17. The summed E-state index contributed by atoms with van der Waals surface area (Å²) >= 11 is 5.83. The Kier molecular flexibility index (Phi) is 4.56. The van der Waals surface area contributed by atoms with Gasteiger partial charge in [-0.15, -0.1) is 0 Å². The smallest absolute Gasteiger partial charge is 0.0624 e. The Morgan fingerprint density at radius 1 is 1.37 bits per heavy atom. The van der Waals surface area contributed by atoms with Crippen LogP contribution in [0.3, 0.4) is 0 Å². The molecule has 0 aliphatic heterocycles. The fraction of sp³-hybridized carbons (Fsp3) is 0.429. The van der Waals surface area contributed by atoms with Gasteiger partial charge in [0, 0.05) is 24.9 Å². The number of hydrogen-bond acceptors (Lipinski definition) is 3. The van der Waals surface area contributed by atoms with E-state index in [-0.39, 0.29) is 6.04 Å². The topological polar surface area (TPSA) is 56.7 Å². The third-order valence-electron chi connectivity index (χ3n) is 3.13. The highest BCUT2D eigenvalue weighted by Crippen LogP contribution is 2.17. The van der Waals surface area contributed by atoms with Crippen LogP contribution in [-0.2, 0) is 19.4 Å². The summed E-state index contributed by atoms with van der Waals surface area (Å²) in [7, 11) is 0. The van der Waals surface area contributed by atoms with E-state index in [0.717, 1.165) is 36.5 Å². The van der Waals surface area contributed by atoms with Gasteiger partial charge in [0.2, 0.25) is 0 Å². The van der Waals surface area contributed by atoms with E-state index in [0.29, 0.717) is 5.02 Å². The zero-order valence-corrected chi connectivity index (χ0v) is 12.1. The normalized spacial score (nSPS) is 12.6. The van der Waals surface area contributed by atoms with Gasteiger partial charge in [-0.05, 0) is 31.5 Å². The molecule has 0 radical (unpaired) electrons. The molecule has 2 heterocycles. The Hall–Kier alpha value is -1.39. The van der Waals surface area contributed by atoms with Gasteiger partial charge in [0.05, 0.1) is 22.5 Å². The Balaban J connectivity index is 2.15. The molecule has 4 nitrogen and oxygen atoms in total. The van der Waals surface area contributed by atoms with Crippen LogP contribution >= 0.6 is 11.6 Å². The molecule has 2 aromatic heterocycles. The largest absolute Gasteiger partial charge is 0.322 e. The summed E-state index contributed by atoms with van der Waals surface area (Å²) < 4.78 is 2.01. The summed E-state index contributed by atoms with van der Waals surface area (Å²) in [6.07, 6.45) is 3.30. The van der Waals surface area contributed by atoms with Crippen molar-refractivity contribution < 1.29 is 0 Å². The zero-order valence-electron chi connectivity index (χ0n) is 11.3. The molecule has 0 saturated carbocycles. The molecule has 1 unspecified atom stereocenters. The Morgan fingerprint density at radius 3 is 2.74 bits per heavy atom. The molecule has 2 N–H and O–H groups in total. The predicted octanol–water partition coefficient (Wildman–Crippen LogP) is 2.76. The van der Waals surface area contributed by atoms with Crippen LogP contribution in [0.1, 0.15) is 37.0 Å². The quantitative estimate of drug-likeness (QED) is 0.915. The molecular weight excluding hydrogens is 260 g/mol. The van der Waals surface area contributed by atoms with Gasteiger partial charge < -0.3 is 5.73 Å². The molecule has 102 valence electrons. The molecule has 2 rings (SSSR count). The minimum atomic E-state index is -0.135. The lowest BCUT2D eigenvalue weighted by Gasteiger charge is -2.12. The molecule has 0 aliphatic rings. The molecule has 0 amide bonds. The third kappa shape index (κ3) is 3.33. The maximum absolute atomic E-state index is 6.20. The minimum absolute atomic E-state index is 0.135. The first-order valence-electron chi connectivity index (χ1n) is 6.56. The number of pyridine rings is 1. The average molecular weight is 279 g/mol. The second-order valence-corrected chi connectivity index (χ2v) is 4.94. The number of nitrogens with zero attached hydrogens (tertiary/aromatic N) is 3. The van der Waals surface area contributed by atoms with Crippen molar-refractivity contribution >= 4 is 11.6 Å². The van der Waals surface area contributed by atoms with Crippen molar-refractivity contribution in [1.82, 2.24) is 14.8 Å². The first-order chi connectivity index (χ1) is 9.13. The third-order valence-corrected chi connectivity index (χ3v) is 3.36. The summed E-state index contributed by atoms with van der Waals surface area (Å²) in [5, 5.41) is 5.16. The van der Waals surface area contributed by atoms with Crippen LogP contribution in [0.5, 0.6) is 0 Å². The van der Waals surface area contributed by atoms with Crippen LogP contribution in [0.4, 0.5) is 0 Å². The fourth-order valence-electron chi connectivity index (χ4n) is 2.06. The minimum Gasteiger partial charge on any atom is -0.322 e. The van der Waals surface area contributed by atoms with Gasteiger partial charge in [0.15, 0.2) is 0 Å². The standard InChI is InChI=1S/C14H19ClN4/c1-3-11-7-12(19(4-2)18-11)8-13(16)14-6-5-10(15)9-17-14/h5-7,9,13H,3-4,8,16H2,1-2H3. The van der Waals surface area contributed by atoms with Gasteiger partial charge in [-0.3, -0.25) is 9.67 Å². The van der Waals surface area contributed by atoms with Gasteiger partial charge in [-0.25, -0.2) is 0 Å². The van der Waals surface area contributed by atoms with Gasteiger partial charge in [-0.2, -0.15) is 5.10 Å². The number of hydrogen-bond donors (Lipinski definition) is 1. The highest BCUT2D eigenvalue weighted by Gasteiger charge is 2.13. The molecular formula is C14H19ClN4. The molecule has 0 aromatic carbocycles.